The van der Waals surface area contributed by atoms with Gasteiger partial charge in [-0.1, -0.05) is 29.8 Å². The lowest BCUT2D eigenvalue weighted by molar-refractivity contribution is -0.136. The second kappa shape index (κ2) is 4.87. The molecule has 0 amide bonds. The van der Waals surface area contributed by atoms with Crippen molar-refractivity contribution in [1.82, 2.24) is 4.98 Å². The Morgan fingerprint density at radius 2 is 1.83 bits per heavy atom. The Kier molecular flexibility index (Phi) is 3.28. The molecular formula is C14H13NO3. The Morgan fingerprint density at radius 1 is 1.17 bits per heavy atom. The van der Waals surface area contributed by atoms with Crippen LogP contribution in [0.1, 0.15) is 27.2 Å². The number of ketones is 1. The first-order valence-electron chi connectivity index (χ1n) is 5.57. The normalized spacial score (nSPS) is 10.3. The van der Waals surface area contributed by atoms with Crippen LogP contribution in [0.25, 0.3) is 0 Å². The lowest BCUT2D eigenvalue weighted by Gasteiger charge is -2.02. The second-order valence-corrected chi connectivity index (χ2v) is 4.14. The molecule has 0 aliphatic carbocycles. The highest BCUT2D eigenvalue weighted by Crippen LogP contribution is 2.15. The summed E-state index contributed by atoms with van der Waals surface area (Å²) in [5.41, 5.74) is 2.49. The average Bonchev–Trinajstić information content (AvgIpc) is 2.76. The van der Waals surface area contributed by atoms with Gasteiger partial charge in [0.05, 0.1) is 6.42 Å². The molecule has 92 valence electrons. The van der Waals surface area contributed by atoms with Crippen LogP contribution >= 0.6 is 0 Å². The van der Waals surface area contributed by atoms with Gasteiger partial charge in [0.15, 0.2) is 5.78 Å². The van der Waals surface area contributed by atoms with Crippen molar-refractivity contribution in [3.63, 3.8) is 0 Å². The molecule has 1 heterocycles. The van der Waals surface area contributed by atoms with Crippen LogP contribution in [-0.4, -0.2) is 21.8 Å². The van der Waals surface area contributed by atoms with Gasteiger partial charge >= 0.3 is 5.97 Å². The molecule has 2 rings (SSSR count). The number of aromatic amines is 1. The van der Waals surface area contributed by atoms with Crippen LogP contribution in [0.4, 0.5) is 0 Å². The minimum Gasteiger partial charge on any atom is -0.481 e. The lowest BCUT2D eigenvalue weighted by atomic mass is 10.0. The number of H-pyrrole nitrogens is 1. The van der Waals surface area contributed by atoms with Gasteiger partial charge in [0, 0.05) is 23.0 Å². The fraction of sp³-hybridized carbons (Fsp3) is 0.143. The van der Waals surface area contributed by atoms with E-state index >= 15 is 0 Å². The zero-order valence-corrected chi connectivity index (χ0v) is 9.93. The largest absolute Gasteiger partial charge is 0.481 e. The molecule has 0 bridgehead atoms. The first-order chi connectivity index (χ1) is 8.58. The highest BCUT2D eigenvalue weighted by atomic mass is 16.4. The van der Waals surface area contributed by atoms with Gasteiger partial charge in [-0.25, -0.2) is 0 Å². The van der Waals surface area contributed by atoms with Gasteiger partial charge in [0.2, 0.25) is 0 Å². The summed E-state index contributed by atoms with van der Waals surface area (Å²) >= 11 is 0. The summed E-state index contributed by atoms with van der Waals surface area (Å²) in [5, 5.41) is 8.77. The maximum Gasteiger partial charge on any atom is 0.309 e. The van der Waals surface area contributed by atoms with Crippen molar-refractivity contribution in [3.05, 3.63) is 58.9 Å². The molecule has 0 spiro atoms. The molecule has 0 atom stereocenters. The number of rotatable bonds is 4. The standard InChI is InChI=1S/C14H13NO3/c1-9-2-4-10(5-3-9)14(18)11-6-7-15-12(11)8-13(16)17/h2-7,15H,8H2,1H3,(H,16,17). The fourth-order valence-electron chi connectivity index (χ4n) is 1.77. The number of carbonyl (C=O) groups excluding carboxylic acids is 1. The average molecular weight is 243 g/mol. The van der Waals surface area contributed by atoms with E-state index in [1.54, 1.807) is 24.4 Å². The minimum atomic E-state index is -0.963. The van der Waals surface area contributed by atoms with Crippen molar-refractivity contribution in [2.75, 3.05) is 0 Å². The van der Waals surface area contributed by atoms with Crippen molar-refractivity contribution in [2.24, 2.45) is 0 Å². The van der Waals surface area contributed by atoms with E-state index in [0.29, 0.717) is 16.8 Å². The maximum atomic E-state index is 12.2. The Bertz CT molecular complexity index is 581. The summed E-state index contributed by atoms with van der Waals surface area (Å²) in [7, 11) is 0. The van der Waals surface area contributed by atoms with Crippen LogP contribution in [0, 0.1) is 6.92 Å². The van der Waals surface area contributed by atoms with Crippen LogP contribution in [0.3, 0.4) is 0 Å². The van der Waals surface area contributed by atoms with Gasteiger partial charge in [-0.2, -0.15) is 0 Å². The van der Waals surface area contributed by atoms with Crippen molar-refractivity contribution in [3.8, 4) is 0 Å². The molecule has 0 aliphatic rings. The minimum absolute atomic E-state index is 0.160. The number of benzene rings is 1. The molecule has 4 heteroatoms. The summed E-state index contributed by atoms with van der Waals surface area (Å²) in [5.74, 6) is -1.12. The number of carboxylic acid groups (broad SMARTS) is 1. The number of carbonyl (C=O) groups is 2. The highest BCUT2D eigenvalue weighted by molar-refractivity contribution is 6.10. The molecule has 0 radical (unpaired) electrons. The molecule has 0 saturated heterocycles. The molecule has 2 aromatic rings. The molecular weight excluding hydrogens is 230 g/mol. The molecule has 18 heavy (non-hydrogen) atoms. The summed E-state index contributed by atoms with van der Waals surface area (Å²) in [6.45, 7) is 1.94. The highest BCUT2D eigenvalue weighted by Gasteiger charge is 2.16. The molecule has 1 aromatic carbocycles. The van der Waals surface area contributed by atoms with Gasteiger partial charge in [-0.05, 0) is 13.0 Å². The topological polar surface area (TPSA) is 70.2 Å². The van der Waals surface area contributed by atoms with Gasteiger partial charge in [-0.15, -0.1) is 0 Å². The Labute approximate surface area is 104 Å². The SMILES string of the molecule is Cc1ccc(C(=O)c2cc[nH]c2CC(=O)O)cc1. The first kappa shape index (κ1) is 12.1. The number of hydrogen-bond donors (Lipinski definition) is 2. The Hall–Kier alpha value is -2.36. The summed E-state index contributed by atoms with van der Waals surface area (Å²) in [6, 6.07) is 8.82. The fourth-order valence-corrected chi connectivity index (χ4v) is 1.77. The first-order valence-corrected chi connectivity index (χ1v) is 5.57. The van der Waals surface area contributed by atoms with Gasteiger partial charge < -0.3 is 10.1 Å². The van der Waals surface area contributed by atoms with Crippen LogP contribution in [0.2, 0.25) is 0 Å². The van der Waals surface area contributed by atoms with E-state index in [0.717, 1.165) is 5.56 Å². The Morgan fingerprint density at radius 3 is 2.44 bits per heavy atom. The van der Waals surface area contributed by atoms with E-state index in [2.05, 4.69) is 4.98 Å². The third-order valence-electron chi connectivity index (χ3n) is 2.72. The van der Waals surface area contributed by atoms with Crippen molar-refractivity contribution in [2.45, 2.75) is 13.3 Å². The zero-order chi connectivity index (χ0) is 13.1. The summed E-state index contributed by atoms with van der Waals surface area (Å²) in [6.07, 6.45) is 1.40. The van der Waals surface area contributed by atoms with Crippen LogP contribution in [0.15, 0.2) is 36.5 Å². The van der Waals surface area contributed by atoms with Crippen LogP contribution in [0.5, 0.6) is 0 Å². The molecule has 4 nitrogen and oxygen atoms in total. The third kappa shape index (κ3) is 2.48. The Balaban J connectivity index is 2.31. The summed E-state index contributed by atoms with van der Waals surface area (Å²) in [4.78, 5) is 25.7. The van der Waals surface area contributed by atoms with E-state index in [9.17, 15) is 9.59 Å². The molecule has 2 N–H and O–H groups in total. The van der Waals surface area contributed by atoms with Crippen molar-refractivity contribution < 1.29 is 14.7 Å². The molecule has 0 aliphatic heterocycles. The zero-order valence-electron chi connectivity index (χ0n) is 9.93. The van der Waals surface area contributed by atoms with Crippen LogP contribution < -0.4 is 0 Å². The molecule has 1 aromatic heterocycles. The van der Waals surface area contributed by atoms with E-state index < -0.39 is 5.97 Å². The van der Waals surface area contributed by atoms with Crippen molar-refractivity contribution >= 4 is 11.8 Å². The number of aromatic nitrogens is 1. The third-order valence-corrected chi connectivity index (χ3v) is 2.72. The van der Waals surface area contributed by atoms with Crippen molar-refractivity contribution in [1.29, 1.82) is 0 Å². The molecule has 0 saturated carbocycles. The van der Waals surface area contributed by atoms with Gasteiger partial charge in [0.1, 0.15) is 0 Å². The van der Waals surface area contributed by atoms with E-state index in [1.807, 2.05) is 19.1 Å². The smallest absolute Gasteiger partial charge is 0.309 e. The van der Waals surface area contributed by atoms with E-state index in [4.69, 9.17) is 5.11 Å². The monoisotopic (exact) mass is 243 g/mol. The number of aryl methyl sites for hydroxylation is 1. The number of hydrogen-bond acceptors (Lipinski definition) is 2. The van der Waals surface area contributed by atoms with Crippen LogP contribution in [-0.2, 0) is 11.2 Å². The summed E-state index contributed by atoms with van der Waals surface area (Å²) < 4.78 is 0. The van der Waals surface area contributed by atoms with Gasteiger partial charge in [-0.3, -0.25) is 9.59 Å². The number of aliphatic carboxylic acids is 1. The quantitative estimate of drug-likeness (QED) is 0.808. The van der Waals surface area contributed by atoms with Gasteiger partial charge in [0.25, 0.3) is 0 Å². The number of carboxylic acids is 1. The number of nitrogens with one attached hydrogen (secondary N) is 1. The van der Waals surface area contributed by atoms with E-state index in [-0.39, 0.29) is 12.2 Å². The molecule has 0 fully saturated rings. The molecule has 0 unspecified atom stereocenters. The predicted molar refractivity (Wildman–Crippen MR) is 66.7 cm³/mol. The predicted octanol–water partition coefficient (Wildman–Crippen LogP) is 2.18. The van der Waals surface area contributed by atoms with E-state index in [1.165, 1.54) is 0 Å². The maximum absolute atomic E-state index is 12.2. The second-order valence-electron chi connectivity index (χ2n) is 4.14. The lowest BCUT2D eigenvalue weighted by Crippen LogP contribution is -2.08.